The van der Waals surface area contributed by atoms with Crippen molar-refractivity contribution in [1.29, 1.82) is 0 Å². The Kier molecular flexibility index (Phi) is 4.19. The van der Waals surface area contributed by atoms with Crippen LogP contribution in [-0.4, -0.2) is 17.6 Å². The van der Waals surface area contributed by atoms with E-state index in [0.717, 1.165) is 0 Å². The van der Waals surface area contributed by atoms with Crippen LogP contribution in [0.2, 0.25) is 0 Å². The highest BCUT2D eigenvalue weighted by Gasteiger charge is 2.24. The first-order chi connectivity index (χ1) is 11.2. The van der Waals surface area contributed by atoms with Crippen molar-refractivity contribution in [3.8, 4) is 22.7 Å². The summed E-state index contributed by atoms with van der Waals surface area (Å²) in [5, 5.41) is 0. The van der Waals surface area contributed by atoms with Crippen molar-refractivity contribution in [2.24, 2.45) is 0 Å². The summed E-state index contributed by atoms with van der Waals surface area (Å²) in [7, 11) is 0. The third-order valence-corrected chi connectivity index (χ3v) is 3.24. The Morgan fingerprint density at radius 2 is 1.83 bits per heavy atom. The van der Waals surface area contributed by atoms with Gasteiger partial charge in [0.25, 0.3) is 0 Å². The molecule has 23 heavy (non-hydrogen) atoms. The van der Waals surface area contributed by atoms with Gasteiger partial charge in [-0.25, -0.2) is 14.2 Å². The van der Waals surface area contributed by atoms with Crippen LogP contribution in [0.15, 0.2) is 59.0 Å². The summed E-state index contributed by atoms with van der Waals surface area (Å²) in [5.74, 6) is -1.08. The average Bonchev–Trinajstić information content (AvgIpc) is 3.01. The first kappa shape index (κ1) is 15.0. The van der Waals surface area contributed by atoms with E-state index in [2.05, 4.69) is 4.98 Å². The van der Waals surface area contributed by atoms with E-state index in [0.29, 0.717) is 11.3 Å². The Hall–Kier alpha value is -2.95. The number of rotatable bonds is 4. The lowest BCUT2D eigenvalue weighted by Crippen LogP contribution is -2.04. The normalized spacial score (nSPS) is 10.5. The third-order valence-electron chi connectivity index (χ3n) is 3.24. The zero-order valence-corrected chi connectivity index (χ0v) is 12.5. The number of benzene rings is 2. The summed E-state index contributed by atoms with van der Waals surface area (Å²) in [6.45, 7) is 1.91. The number of ether oxygens (including phenoxy) is 1. The smallest absolute Gasteiger partial charge is 0.376 e. The molecule has 0 spiro atoms. The van der Waals surface area contributed by atoms with Crippen LogP contribution in [-0.2, 0) is 4.74 Å². The number of oxazole rings is 1. The first-order valence-electron chi connectivity index (χ1n) is 7.19. The van der Waals surface area contributed by atoms with Gasteiger partial charge in [0.15, 0.2) is 0 Å². The molecule has 3 rings (SSSR count). The van der Waals surface area contributed by atoms with Gasteiger partial charge in [0, 0.05) is 5.56 Å². The molecule has 0 aliphatic carbocycles. The van der Waals surface area contributed by atoms with E-state index >= 15 is 0 Å². The second-order valence-corrected chi connectivity index (χ2v) is 4.76. The first-order valence-corrected chi connectivity index (χ1v) is 7.19. The second-order valence-electron chi connectivity index (χ2n) is 4.76. The summed E-state index contributed by atoms with van der Waals surface area (Å²) in [5.41, 5.74) is 1.23. The lowest BCUT2D eigenvalue weighted by Gasteiger charge is -2.00. The fourth-order valence-electron chi connectivity index (χ4n) is 2.20. The lowest BCUT2D eigenvalue weighted by atomic mass is 10.1. The van der Waals surface area contributed by atoms with Crippen molar-refractivity contribution >= 4 is 5.97 Å². The summed E-state index contributed by atoms with van der Waals surface area (Å²) < 4.78 is 24.5. The highest BCUT2D eigenvalue weighted by Crippen LogP contribution is 2.30. The number of esters is 1. The van der Waals surface area contributed by atoms with Crippen molar-refractivity contribution < 1.29 is 18.3 Å². The monoisotopic (exact) mass is 311 g/mol. The topological polar surface area (TPSA) is 52.3 Å². The minimum atomic E-state index is -0.624. The molecule has 0 radical (unpaired) electrons. The highest BCUT2D eigenvalue weighted by molar-refractivity contribution is 5.94. The molecule has 3 aromatic rings. The molecule has 116 valence electrons. The molecule has 0 amide bonds. The Morgan fingerprint density at radius 3 is 2.52 bits per heavy atom. The highest BCUT2D eigenvalue weighted by atomic mass is 19.1. The van der Waals surface area contributed by atoms with Gasteiger partial charge < -0.3 is 9.15 Å². The lowest BCUT2D eigenvalue weighted by molar-refractivity contribution is 0.0492. The minimum Gasteiger partial charge on any atom is -0.460 e. The Morgan fingerprint density at radius 1 is 1.13 bits per heavy atom. The molecule has 0 fully saturated rings. The Bertz CT molecular complexity index is 827. The maximum absolute atomic E-state index is 14.0. The molecule has 0 N–H and O–H groups in total. The van der Waals surface area contributed by atoms with Crippen LogP contribution >= 0.6 is 0 Å². The number of hydrogen-bond acceptors (Lipinski definition) is 4. The van der Waals surface area contributed by atoms with Gasteiger partial charge in [0.2, 0.25) is 11.7 Å². The van der Waals surface area contributed by atoms with Gasteiger partial charge in [0.05, 0.1) is 12.2 Å². The molecule has 2 aromatic carbocycles. The molecular weight excluding hydrogens is 297 g/mol. The van der Waals surface area contributed by atoms with Crippen molar-refractivity contribution in [2.75, 3.05) is 6.61 Å². The van der Waals surface area contributed by atoms with Crippen LogP contribution in [0.3, 0.4) is 0 Å². The third kappa shape index (κ3) is 2.99. The molecule has 5 heteroatoms. The summed E-state index contributed by atoms with van der Waals surface area (Å²) >= 11 is 0. The maximum atomic E-state index is 14.0. The largest absolute Gasteiger partial charge is 0.460 e. The number of nitrogens with zero attached hydrogens (tertiary/aromatic N) is 1. The molecular formula is C18H14FNO3. The number of aromatic nitrogens is 1. The average molecular weight is 311 g/mol. The predicted octanol–water partition coefficient (Wildman–Crippen LogP) is 4.32. The van der Waals surface area contributed by atoms with E-state index in [1.165, 1.54) is 6.07 Å². The van der Waals surface area contributed by atoms with Crippen LogP contribution in [0.25, 0.3) is 22.7 Å². The van der Waals surface area contributed by atoms with Gasteiger partial charge in [-0.1, -0.05) is 42.5 Å². The van der Waals surface area contributed by atoms with Crippen LogP contribution in [0.1, 0.15) is 17.5 Å². The number of carbonyl (C=O) groups excluding carboxylic acids is 1. The standard InChI is InChI=1S/C18H14FNO3/c1-2-22-18(21)16-15(12-8-4-3-5-9-12)20-17(23-16)13-10-6-7-11-14(13)19/h3-11H,2H2,1H3. The van der Waals surface area contributed by atoms with Gasteiger partial charge in [-0.2, -0.15) is 0 Å². The number of carbonyl (C=O) groups is 1. The Balaban J connectivity index is 2.14. The van der Waals surface area contributed by atoms with Gasteiger partial charge >= 0.3 is 5.97 Å². The zero-order valence-electron chi connectivity index (χ0n) is 12.5. The van der Waals surface area contributed by atoms with E-state index < -0.39 is 11.8 Å². The summed E-state index contributed by atoms with van der Waals surface area (Å²) in [6, 6.07) is 15.2. The van der Waals surface area contributed by atoms with E-state index in [1.807, 2.05) is 18.2 Å². The molecule has 4 nitrogen and oxygen atoms in total. The summed E-state index contributed by atoms with van der Waals surface area (Å²) in [6.07, 6.45) is 0. The zero-order chi connectivity index (χ0) is 16.2. The molecule has 0 unspecified atom stereocenters. The molecule has 1 aromatic heterocycles. The molecule has 0 aliphatic heterocycles. The van der Waals surface area contributed by atoms with Gasteiger partial charge in [0.1, 0.15) is 11.5 Å². The fraction of sp³-hybridized carbons (Fsp3) is 0.111. The molecule has 0 saturated carbocycles. The number of halogens is 1. The van der Waals surface area contributed by atoms with E-state index in [-0.39, 0.29) is 23.8 Å². The predicted molar refractivity (Wildman–Crippen MR) is 83.3 cm³/mol. The van der Waals surface area contributed by atoms with Crippen molar-refractivity contribution in [2.45, 2.75) is 6.92 Å². The fourth-order valence-corrected chi connectivity index (χ4v) is 2.20. The second kappa shape index (κ2) is 6.44. The van der Waals surface area contributed by atoms with E-state index in [1.54, 1.807) is 37.3 Å². The molecule has 1 heterocycles. The van der Waals surface area contributed by atoms with Gasteiger partial charge in [-0.05, 0) is 19.1 Å². The maximum Gasteiger partial charge on any atom is 0.376 e. The molecule has 0 aliphatic rings. The van der Waals surface area contributed by atoms with Crippen molar-refractivity contribution in [1.82, 2.24) is 4.98 Å². The van der Waals surface area contributed by atoms with E-state index in [4.69, 9.17) is 9.15 Å². The quantitative estimate of drug-likeness (QED) is 0.673. The summed E-state index contributed by atoms with van der Waals surface area (Å²) in [4.78, 5) is 16.4. The SMILES string of the molecule is CCOC(=O)c1oc(-c2ccccc2F)nc1-c1ccccc1. The minimum absolute atomic E-state index is 0.0312. The van der Waals surface area contributed by atoms with Crippen molar-refractivity contribution in [3.63, 3.8) is 0 Å². The van der Waals surface area contributed by atoms with Crippen LogP contribution in [0, 0.1) is 5.82 Å². The van der Waals surface area contributed by atoms with Crippen molar-refractivity contribution in [3.05, 3.63) is 66.2 Å². The molecule has 0 bridgehead atoms. The van der Waals surface area contributed by atoms with Crippen LogP contribution in [0.4, 0.5) is 4.39 Å². The molecule has 0 saturated heterocycles. The van der Waals surface area contributed by atoms with Gasteiger partial charge in [-0.15, -0.1) is 0 Å². The van der Waals surface area contributed by atoms with Gasteiger partial charge in [-0.3, -0.25) is 0 Å². The van der Waals surface area contributed by atoms with Crippen LogP contribution in [0.5, 0.6) is 0 Å². The number of hydrogen-bond donors (Lipinski definition) is 0. The van der Waals surface area contributed by atoms with E-state index in [9.17, 15) is 9.18 Å². The molecule has 0 atom stereocenters. The van der Waals surface area contributed by atoms with Crippen LogP contribution < -0.4 is 0 Å². The Labute approximate surface area is 132 Å².